The van der Waals surface area contributed by atoms with Gasteiger partial charge in [-0.05, 0) is 13.0 Å². The van der Waals surface area contributed by atoms with E-state index in [-0.39, 0.29) is 31.4 Å². The van der Waals surface area contributed by atoms with Crippen molar-refractivity contribution in [3.05, 3.63) is 41.6 Å². The summed E-state index contributed by atoms with van der Waals surface area (Å²) in [5.41, 5.74) is 1.10. The van der Waals surface area contributed by atoms with E-state index in [1.54, 1.807) is 20.2 Å². The number of hydrogen-bond donors (Lipinski definition) is 0. The predicted molar refractivity (Wildman–Crippen MR) is 107 cm³/mol. The average molecular weight is 431 g/mol. The lowest BCUT2D eigenvalue weighted by Crippen LogP contribution is -2.34. The molecule has 1 aliphatic heterocycles. The van der Waals surface area contributed by atoms with Crippen molar-refractivity contribution in [2.24, 2.45) is 0 Å². The second kappa shape index (κ2) is 8.72. The number of ether oxygens (including phenoxy) is 4. The number of halogens is 1. The number of esters is 1. The smallest absolute Gasteiger partial charge is 0.343 e. The molecule has 0 bridgehead atoms. The highest BCUT2D eigenvalue weighted by Crippen LogP contribution is 2.33. The predicted octanol–water partition coefficient (Wildman–Crippen LogP) is 1.86. The first-order valence-electron chi connectivity index (χ1n) is 9.68. The maximum absolute atomic E-state index is 13.9. The van der Waals surface area contributed by atoms with Crippen molar-refractivity contribution < 1.29 is 28.1 Å². The Balaban J connectivity index is 1.79. The molecule has 0 aliphatic carbocycles. The lowest BCUT2D eigenvalue weighted by atomic mass is 10.2. The third-order valence-electron chi connectivity index (χ3n) is 4.86. The van der Waals surface area contributed by atoms with Crippen LogP contribution in [0.2, 0.25) is 0 Å². The Kier molecular flexibility index (Phi) is 5.85. The van der Waals surface area contributed by atoms with E-state index in [0.29, 0.717) is 35.2 Å². The standard InChI is InChI=1S/C20H22FN5O5/c1-4-30-20(27)15-7-23-26-10-16-18(24-17(15)26)25(9-14(28-2)11-31-16)8-12-5-13(21)6-22-19(12)29-3/h5-7,10,14H,4,8-9,11H2,1-3H3/t14-/m0/s1. The number of pyridine rings is 1. The number of anilines is 1. The Morgan fingerprint density at radius 1 is 1.35 bits per heavy atom. The van der Waals surface area contributed by atoms with Crippen molar-refractivity contribution in [3.8, 4) is 11.6 Å². The van der Waals surface area contributed by atoms with Crippen LogP contribution in [-0.2, 0) is 16.0 Å². The fourth-order valence-electron chi connectivity index (χ4n) is 3.39. The zero-order chi connectivity index (χ0) is 22.0. The number of rotatable bonds is 6. The van der Waals surface area contributed by atoms with Gasteiger partial charge in [0.15, 0.2) is 17.2 Å². The lowest BCUT2D eigenvalue weighted by molar-refractivity contribution is 0.0528. The van der Waals surface area contributed by atoms with Crippen LogP contribution in [0.15, 0.2) is 24.7 Å². The summed E-state index contributed by atoms with van der Waals surface area (Å²) in [6.45, 7) is 2.89. The first kappa shape index (κ1) is 20.8. The first-order valence-corrected chi connectivity index (χ1v) is 9.68. The highest BCUT2D eigenvalue weighted by atomic mass is 19.1. The van der Waals surface area contributed by atoms with Crippen molar-refractivity contribution in [1.82, 2.24) is 19.6 Å². The van der Waals surface area contributed by atoms with E-state index in [4.69, 9.17) is 18.9 Å². The van der Waals surface area contributed by atoms with Gasteiger partial charge in [0.25, 0.3) is 0 Å². The second-order valence-electron chi connectivity index (χ2n) is 6.85. The summed E-state index contributed by atoms with van der Waals surface area (Å²) in [5.74, 6) is 0.226. The number of aromatic nitrogens is 4. The lowest BCUT2D eigenvalue weighted by Gasteiger charge is -2.25. The first-order chi connectivity index (χ1) is 15.0. The zero-order valence-corrected chi connectivity index (χ0v) is 17.4. The second-order valence-corrected chi connectivity index (χ2v) is 6.85. The molecule has 10 nitrogen and oxygen atoms in total. The largest absolute Gasteiger partial charge is 0.485 e. The van der Waals surface area contributed by atoms with E-state index in [9.17, 15) is 9.18 Å². The molecule has 0 radical (unpaired) electrons. The maximum Gasteiger partial charge on any atom is 0.343 e. The third kappa shape index (κ3) is 4.08. The fourth-order valence-corrected chi connectivity index (χ4v) is 3.39. The van der Waals surface area contributed by atoms with Gasteiger partial charge in [0.1, 0.15) is 24.1 Å². The molecular weight excluding hydrogens is 409 g/mol. The molecule has 0 aromatic carbocycles. The minimum Gasteiger partial charge on any atom is -0.485 e. The number of carbonyl (C=O) groups excluding carboxylic acids is 1. The van der Waals surface area contributed by atoms with Crippen LogP contribution >= 0.6 is 0 Å². The fraction of sp³-hybridized carbons (Fsp3) is 0.400. The maximum atomic E-state index is 13.9. The van der Waals surface area contributed by atoms with Crippen LogP contribution in [0.3, 0.4) is 0 Å². The summed E-state index contributed by atoms with van der Waals surface area (Å²) >= 11 is 0. The van der Waals surface area contributed by atoms with E-state index >= 15 is 0 Å². The van der Waals surface area contributed by atoms with E-state index in [0.717, 1.165) is 6.20 Å². The quantitative estimate of drug-likeness (QED) is 0.541. The number of methoxy groups -OCH3 is 2. The molecule has 0 amide bonds. The van der Waals surface area contributed by atoms with Crippen LogP contribution < -0.4 is 14.4 Å². The van der Waals surface area contributed by atoms with Crippen LogP contribution in [0.5, 0.6) is 11.6 Å². The average Bonchev–Trinajstić information content (AvgIpc) is 3.10. The Hall–Kier alpha value is -3.47. The van der Waals surface area contributed by atoms with Crippen LogP contribution in [0.1, 0.15) is 22.8 Å². The molecule has 31 heavy (non-hydrogen) atoms. The number of carbonyl (C=O) groups is 1. The van der Waals surface area contributed by atoms with Crippen molar-refractivity contribution in [2.75, 3.05) is 38.9 Å². The normalized spacial score (nSPS) is 15.9. The van der Waals surface area contributed by atoms with E-state index in [2.05, 4.69) is 15.1 Å². The van der Waals surface area contributed by atoms with E-state index in [1.165, 1.54) is 23.9 Å². The molecule has 1 atom stereocenters. The Bertz CT molecular complexity index is 1100. The molecule has 4 heterocycles. The molecule has 1 aliphatic rings. The van der Waals surface area contributed by atoms with Crippen molar-refractivity contribution >= 4 is 17.4 Å². The van der Waals surface area contributed by atoms with Gasteiger partial charge in [-0.15, -0.1) is 0 Å². The molecule has 0 N–H and O–H groups in total. The SMILES string of the molecule is CCOC(=O)c1cnn2cc3c(nc12)N(Cc1cc(F)cnc1OC)C[C@H](OC)CO3. The molecule has 164 valence electrons. The van der Waals surface area contributed by atoms with Crippen LogP contribution in [0, 0.1) is 5.82 Å². The van der Waals surface area contributed by atoms with Gasteiger partial charge in [0, 0.05) is 19.2 Å². The van der Waals surface area contributed by atoms with Gasteiger partial charge in [0.2, 0.25) is 5.88 Å². The third-order valence-corrected chi connectivity index (χ3v) is 4.86. The zero-order valence-electron chi connectivity index (χ0n) is 17.4. The molecule has 3 aromatic heterocycles. The summed E-state index contributed by atoms with van der Waals surface area (Å²) in [4.78, 5) is 22.8. The van der Waals surface area contributed by atoms with Gasteiger partial charge in [-0.1, -0.05) is 0 Å². The van der Waals surface area contributed by atoms with Crippen LogP contribution in [-0.4, -0.2) is 65.6 Å². The highest BCUT2D eigenvalue weighted by Gasteiger charge is 2.28. The van der Waals surface area contributed by atoms with Gasteiger partial charge < -0.3 is 23.8 Å². The molecule has 0 spiro atoms. The molecule has 0 saturated carbocycles. The van der Waals surface area contributed by atoms with Gasteiger partial charge in [-0.3, -0.25) is 0 Å². The number of nitrogens with zero attached hydrogens (tertiary/aromatic N) is 5. The summed E-state index contributed by atoms with van der Waals surface area (Å²) < 4.78 is 37.1. The van der Waals surface area contributed by atoms with Crippen molar-refractivity contribution in [3.63, 3.8) is 0 Å². The molecule has 0 fully saturated rings. The molecule has 3 aromatic rings. The molecule has 4 rings (SSSR count). The van der Waals surface area contributed by atoms with Gasteiger partial charge in [-0.2, -0.15) is 5.10 Å². The molecule has 0 saturated heterocycles. The van der Waals surface area contributed by atoms with Crippen LogP contribution in [0.4, 0.5) is 10.2 Å². The molecule has 11 heteroatoms. The summed E-state index contributed by atoms with van der Waals surface area (Å²) in [6, 6.07) is 1.36. The number of fused-ring (bicyclic) bond motifs is 2. The Labute approximate surface area is 177 Å². The monoisotopic (exact) mass is 431 g/mol. The highest BCUT2D eigenvalue weighted by molar-refractivity contribution is 5.95. The van der Waals surface area contributed by atoms with E-state index in [1.807, 2.05) is 4.90 Å². The van der Waals surface area contributed by atoms with Gasteiger partial charge >= 0.3 is 5.97 Å². The topological polar surface area (TPSA) is 100 Å². The van der Waals surface area contributed by atoms with Crippen molar-refractivity contribution in [1.29, 1.82) is 0 Å². The van der Waals surface area contributed by atoms with Gasteiger partial charge in [0.05, 0.1) is 38.9 Å². The number of hydrogen-bond acceptors (Lipinski definition) is 9. The van der Waals surface area contributed by atoms with E-state index < -0.39 is 11.8 Å². The summed E-state index contributed by atoms with van der Waals surface area (Å²) in [5, 5.41) is 4.19. The Morgan fingerprint density at radius 2 is 2.19 bits per heavy atom. The minimum atomic E-state index is -0.517. The van der Waals surface area contributed by atoms with Crippen molar-refractivity contribution in [2.45, 2.75) is 19.6 Å². The molecule has 0 unspecified atom stereocenters. The summed E-state index contributed by atoms with van der Waals surface area (Å²) in [6.07, 6.45) is 3.88. The minimum absolute atomic E-state index is 0.232. The van der Waals surface area contributed by atoms with Gasteiger partial charge in [-0.25, -0.2) is 23.7 Å². The summed E-state index contributed by atoms with van der Waals surface area (Å²) in [7, 11) is 3.06. The molecular formula is C20H22FN5O5. The van der Waals surface area contributed by atoms with Crippen LogP contribution in [0.25, 0.3) is 5.65 Å². The Morgan fingerprint density at radius 3 is 2.94 bits per heavy atom.